The molecule has 1 heterocycles. The van der Waals surface area contributed by atoms with Crippen LogP contribution in [0.1, 0.15) is 18.4 Å². The van der Waals surface area contributed by atoms with E-state index >= 15 is 0 Å². The van der Waals surface area contributed by atoms with Gasteiger partial charge in [0.05, 0.1) is 13.1 Å². The molecule has 6 heteroatoms. The number of likely N-dealkylation sites (tertiary alicyclic amines) is 1. The van der Waals surface area contributed by atoms with Crippen LogP contribution in [-0.4, -0.2) is 31.4 Å². The number of aryl methyl sites for hydroxylation is 1. The second-order valence-electron chi connectivity index (χ2n) is 5.62. The summed E-state index contributed by atoms with van der Waals surface area (Å²) in [4.78, 5) is 24.4. The lowest BCUT2D eigenvalue weighted by atomic mass is 9.96. The minimum atomic E-state index is -0.219. The van der Waals surface area contributed by atoms with Crippen LogP contribution in [-0.2, 0) is 9.59 Å². The maximum Gasteiger partial charge on any atom is 0.279 e. The third-order valence-corrected chi connectivity index (χ3v) is 4.84. The number of hydrogen-bond donors (Lipinski definition) is 3. The van der Waals surface area contributed by atoms with Gasteiger partial charge in [0.2, 0.25) is 5.91 Å². The van der Waals surface area contributed by atoms with Crippen molar-refractivity contribution in [2.75, 3.05) is 25.0 Å². The van der Waals surface area contributed by atoms with Crippen LogP contribution in [0.5, 0.6) is 0 Å². The van der Waals surface area contributed by atoms with Gasteiger partial charge in [0.15, 0.2) is 6.54 Å². The predicted molar refractivity (Wildman–Crippen MR) is 85.0 cm³/mol. The SMILES string of the molecule is Cc1cc(NC(=O)C[NH+]2CCC(C(N)=O)CC2)ccc1Br. The van der Waals surface area contributed by atoms with Crippen LogP contribution in [0.2, 0.25) is 0 Å². The highest BCUT2D eigenvalue weighted by Crippen LogP contribution is 2.19. The molecule has 1 aromatic carbocycles. The van der Waals surface area contributed by atoms with E-state index < -0.39 is 0 Å². The van der Waals surface area contributed by atoms with Gasteiger partial charge < -0.3 is 16.0 Å². The van der Waals surface area contributed by atoms with Crippen molar-refractivity contribution in [1.82, 2.24) is 0 Å². The summed E-state index contributed by atoms with van der Waals surface area (Å²) >= 11 is 3.44. The maximum atomic E-state index is 12.1. The van der Waals surface area contributed by atoms with Crippen molar-refractivity contribution in [1.29, 1.82) is 0 Å². The third kappa shape index (κ3) is 4.54. The van der Waals surface area contributed by atoms with Crippen LogP contribution in [0.25, 0.3) is 0 Å². The van der Waals surface area contributed by atoms with E-state index in [1.807, 2.05) is 25.1 Å². The Hall–Kier alpha value is -1.40. The van der Waals surface area contributed by atoms with Crippen molar-refractivity contribution >= 4 is 33.4 Å². The lowest BCUT2D eigenvalue weighted by molar-refractivity contribution is -0.897. The molecule has 21 heavy (non-hydrogen) atoms. The van der Waals surface area contributed by atoms with Gasteiger partial charge in [-0.3, -0.25) is 9.59 Å². The van der Waals surface area contributed by atoms with Crippen molar-refractivity contribution in [3.8, 4) is 0 Å². The van der Waals surface area contributed by atoms with Crippen LogP contribution < -0.4 is 16.0 Å². The van der Waals surface area contributed by atoms with E-state index in [0.717, 1.165) is 41.7 Å². The molecular weight excluding hydrogens is 334 g/mol. The molecule has 2 amide bonds. The van der Waals surface area contributed by atoms with Crippen molar-refractivity contribution in [3.05, 3.63) is 28.2 Å². The van der Waals surface area contributed by atoms with Crippen molar-refractivity contribution in [2.45, 2.75) is 19.8 Å². The number of nitrogens with two attached hydrogens (primary N) is 1. The number of quaternary nitrogens is 1. The Morgan fingerprint density at radius 3 is 2.62 bits per heavy atom. The summed E-state index contributed by atoms with van der Waals surface area (Å²) in [6, 6.07) is 5.75. The minimum Gasteiger partial charge on any atom is -0.369 e. The Balaban J connectivity index is 1.82. The molecule has 1 fully saturated rings. The summed E-state index contributed by atoms with van der Waals surface area (Å²) in [6.07, 6.45) is 1.55. The molecule has 0 radical (unpaired) electrons. The lowest BCUT2D eigenvalue weighted by Crippen LogP contribution is -3.14. The average molecular weight is 355 g/mol. The summed E-state index contributed by atoms with van der Waals surface area (Å²) in [5, 5.41) is 2.92. The number of carbonyl (C=O) groups is 2. The van der Waals surface area contributed by atoms with E-state index in [1.165, 1.54) is 4.90 Å². The maximum absolute atomic E-state index is 12.1. The minimum absolute atomic E-state index is 0.00393. The second-order valence-corrected chi connectivity index (χ2v) is 6.47. The fourth-order valence-corrected chi connectivity index (χ4v) is 2.89. The van der Waals surface area contributed by atoms with Gasteiger partial charge in [-0.25, -0.2) is 0 Å². The van der Waals surface area contributed by atoms with Gasteiger partial charge in [0, 0.05) is 28.9 Å². The number of hydrogen-bond acceptors (Lipinski definition) is 2. The fraction of sp³-hybridized carbons (Fsp3) is 0.467. The van der Waals surface area contributed by atoms with Crippen molar-refractivity contribution < 1.29 is 14.5 Å². The fourth-order valence-electron chi connectivity index (χ4n) is 2.64. The van der Waals surface area contributed by atoms with Crippen LogP contribution in [0.15, 0.2) is 22.7 Å². The number of halogens is 1. The molecule has 5 nitrogen and oxygen atoms in total. The number of benzene rings is 1. The van der Waals surface area contributed by atoms with Gasteiger partial charge >= 0.3 is 0 Å². The number of primary amides is 1. The number of anilines is 1. The zero-order valence-electron chi connectivity index (χ0n) is 12.1. The first-order valence-electron chi connectivity index (χ1n) is 7.14. The molecule has 114 valence electrons. The average Bonchev–Trinajstić information content (AvgIpc) is 2.43. The highest BCUT2D eigenvalue weighted by molar-refractivity contribution is 9.10. The van der Waals surface area contributed by atoms with E-state index in [-0.39, 0.29) is 17.7 Å². The standard InChI is InChI=1S/C15H20BrN3O2/c1-10-8-12(2-3-13(10)16)18-14(20)9-19-6-4-11(5-7-19)15(17)21/h2-3,8,11H,4-7,9H2,1H3,(H2,17,21)(H,18,20)/p+1. The summed E-state index contributed by atoms with van der Waals surface area (Å²) in [6.45, 7) is 4.06. The molecule has 0 atom stereocenters. The van der Waals surface area contributed by atoms with Crippen molar-refractivity contribution in [2.24, 2.45) is 11.7 Å². The zero-order chi connectivity index (χ0) is 15.4. The molecular formula is C15H21BrN3O2+. The summed E-state index contributed by atoms with van der Waals surface area (Å²) in [5.41, 5.74) is 7.21. The van der Waals surface area contributed by atoms with Crippen LogP contribution >= 0.6 is 15.9 Å². The molecule has 0 bridgehead atoms. The van der Waals surface area contributed by atoms with Gasteiger partial charge in [-0.2, -0.15) is 0 Å². The largest absolute Gasteiger partial charge is 0.369 e. The van der Waals surface area contributed by atoms with Crippen LogP contribution in [0.4, 0.5) is 5.69 Å². The molecule has 0 saturated carbocycles. The van der Waals surface area contributed by atoms with Gasteiger partial charge in [-0.15, -0.1) is 0 Å². The van der Waals surface area contributed by atoms with Crippen LogP contribution in [0, 0.1) is 12.8 Å². The van der Waals surface area contributed by atoms with E-state index in [1.54, 1.807) is 0 Å². The first-order chi connectivity index (χ1) is 9.95. The monoisotopic (exact) mass is 354 g/mol. The van der Waals surface area contributed by atoms with E-state index in [2.05, 4.69) is 21.2 Å². The smallest absolute Gasteiger partial charge is 0.279 e. The summed E-state index contributed by atoms with van der Waals surface area (Å²) in [7, 11) is 0. The second kappa shape index (κ2) is 7.04. The first-order valence-corrected chi connectivity index (χ1v) is 7.94. The Bertz CT molecular complexity index is 540. The number of piperidine rings is 1. The van der Waals surface area contributed by atoms with Crippen LogP contribution in [0.3, 0.4) is 0 Å². The molecule has 2 rings (SSSR count). The van der Waals surface area contributed by atoms with Gasteiger partial charge in [-0.05, 0) is 30.7 Å². The number of nitrogens with one attached hydrogen (secondary N) is 2. The van der Waals surface area contributed by atoms with E-state index in [4.69, 9.17) is 5.73 Å². The molecule has 1 aromatic rings. The van der Waals surface area contributed by atoms with Gasteiger partial charge in [0.1, 0.15) is 0 Å². The number of carbonyl (C=O) groups excluding carboxylic acids is 2. The highest BCUT2D eigenvalue weighted by Gasteiger charge is 2.26. The Morgan fingerprint density at radius 2 is 2.05 bits per heavy atom. The first kappa shape index (κ1) is 16.0. The molecule has 0 spiro atoms. The van der Waals surface area contributed by atoms with Gasteiger partial charge in [0.25, 0.3) is 5.91 Å². The van der Waals surface area contributed by atoms with E-state index in [9.17, 15) is 9.59 Å². The molecule has 4 N–H and O–H groups in total. The molecule has 1 aliphatic heterocycles. The molecule has 1 saturated heterocycles. The van der Waals surface area contributed by atoms with Crippen molar-refractivity contribution in [3.63, 3.8) is 0 Å². The Labute approximate surface area is 133 Å². The Kier molecular flexibility index (Phi) is 5.36. The topological polar surface area (TPSA) is 76.6 Å². The zero-order valence-corrected chi connectivity index (χ0v) is 13.7. The third-order valence-electron chi connectivity index (χ3n) is 3.95. The normalized spacial score (nSPS) is 21.8. The van der Waals surface area contributed by atoms with E-state index in [0.29, 0.717) is 6.54 Å². The molecule has 0 unspecified atom stereocenters. The summed E-state index contributed by atoms with van der Waals surface area (Å²) in [5.74, 6) is -0.237. The Morgan fingerprint density at radius 1 is 1.38 bits per heavy atom. The molecule has 0 aromatic heterocycles. The molecule has 1 aliphatic rings. The molecule has 0 aliphatic carbocycles. The number of amides is 2. The highest BCUT2D eigenvalue weighted by atomic mass is 79.9. The quantitative estimate of drug-likeness (QED) is 0.735. The predicted octanol–water partition coefficient (Wildman–Crippen LogP) is 0.476. The summed E-state index contributed by atoms with van der Waals surface area (Å²) < 4.78 is 1.03. The number of rotatable bonds is 4. The van der Waals surface area contributed by atoms with Gasteiger partial charge in [-0.1, -0.05) is 15.9 Å². The lowest BCUT2D eigenvalue weighted by Gasteiger charge is -2.27.